The van der Waals surface area contributed by atoms with E-state index in [1.165, 1.54) is 0 Å². The Balaban J connectivity index is 2.57. The van der Waals surface area contributed by atoms with Crippen molar-refractivity contribution >= 4 is 23.5 Å². The molecule has 5 heteroatoms. The summed E-state index contributed by atoms with van der Waals surface area (Å²) in [6.07, 6.45) is 5.62. The van der Waals surface area contributed by atoms with Crippen LogP contribution in [0.1, 0.15) is 26.0 Å². The van der Waals surface area contributed by atoms with E-state index in [2.05, 4.69) is 23.7 Å². The normalized spacial score (nSPS) is 12.9. The molecule has 2 aromatic rings. The van der Waals surface area contributed by atoms with E-state index >= 15 is 0 Å². The standard InChI is InChI=1S/C15H19N3O2/c1-4-11(2)17(3)15-12(8-9-14(19)20)18-10-6-5-7-13(18)16-15/h5-11H,4H2,1-3H3,(H,19,20)/b9-8+. The number of rotatable bonds is 5. The molecule has 106 valence electrons. The minimum Gasteiger partial charge on any atom is -0.478 e. The quantitative estimate of drug-likeness (QED) is 0.851. The maximum atomic E-state index is 10.8. The summed E-state index contributed by atoms with van der Waals surface area (Å²) in [5.41, 5.74) is 1.59. The lowest BCUT2D eigenvalue weighted by Crippen LogP contribution is -2.28. The Morgan fingerprint density at radius 3 is 2.95 bits per heavy atom. The number of anilines is 1. The molecular formula is C15H19N3O2. The molecule has 0 saturated heterocycles. The predicted octanol–water partition coefficient (Wildman–Crippen LogP) is 2.67. The van der Waals surface area contributed by atoms with Crippen LogP contribution in [-0.4, -0.2) is 33.6 Å². The first-order chi connectivity index (χ1) is 9.54. The highest BCUT2D eigenvalue weighted by Crippen LogP contribution is 2.24. The van der Waals surface area contributed by atoms with Gasteiger partial charge in [-0.2, -0.15) is 0 Å². The smallest absolute Gasteiger partial charge is 0.328 e. The van der Waals surface area contributed by atoms with Gasteiger partial charge < -0.3 is 10.0 Å². The number of carboxylic acid groups (broad SMARTS) is 1. The van der Waals surface area contributed by atoms with Crippen LogP contribution in [0.2, 0.25) is 0 Å². The van der Waals surface area contributed by atoms with Gasteiger partial charge in [0.2, 0.25) is 0 Å². The highest BCUT2D eigenvalue weighted by Gasteiger charge is 2.17. The monoisotopic (exact) mass is 273 g/mol. The molecule has 0 amide bonds. The van der Waals surface area contributed by atoms with Gasteiger partial charge in [0.05, 0.1) is 5.69 Å². The second kappa shape index (κ2) is 5.77. The predicted molar refractivity (Wildman–Crippen MR) is 80.0 cm³/mol. The van der Waals surface area contributed by atoms with Gasteiger partial charge >= 0.3 is 5.97 Å². The third-order valence-electron chi connectivity index (χ3n) is 3.52. The van der Waals surface area contributed by atoms with E-state index in [1.807, 2.05) is 35.8 Å². The number of carbonyl (C=O) groups is 1. The first kappa shape index (κ1) is 14.1. The number of aromatic nitrogens is 2. The molecule has 2 aromatic heterocycles. The zero-order chi connectivity index (χ0) is 14.7. The van der Waals surface area contributed by atoms with Gasteiger partial charge in [0.1, 0.15) is 5.65 Å². The molecule has 0 saturated carbocycles. The lowest BCUT2D eigenvalue weighted by molar-refractivity contribution is -0.131. The van der Waals surface area contributed by atoms with Gasteiger partial charge in [-0.25, -0.2) is 9.78 Å². The summed E-state index contributed by atoms with van der Waals surface area (Å²) in [6, 6.07) is 6.06. The summed E-state index contributed by atoms with van der Waals surface area (Å²) in [7, 11) is 1.98. The molecule has 1 unspecified atom stereocenters. The highest BCUT2D eigenvalue weighted by molar-refractivity contribution is 5.86. The molecule has 0 spiro atoms. The van der Waals surface area contributed by atoms with Crippen LogP contribution in [0.3, 0.4) is 0 Å². The van der Waals surface area contributed by atoms with Gasteiger partial charge in [-0.15, -0.1) is 0 Å². The fourth-order valence-corrected chi connectivity index (χ4v) is 2.05. The van der Waals surface area contributed by atoms with E-state index in [0.717, 1.165) is 29.7 Å². The van der Waals surface area contributed by atoms with E-state index in [0.29, 0.717) is 6.04 Å². The van der Waals surface area contributed by atoms with E-state index in [4.69, 9.17) is 5.11 Å². The van der Waals surface area contributed by atoms with E-state index < -0.39 is 5.97 Å². The Morgan fingerprint density at radius 1 is 1.55 bits per heavy atom. The number of pyridine rings is 1. The second-order valence-corrected chi connectivity index (χ2v) is 4.79. The molecule has 0 radical (unpaired) electrons. The van der Waals surface area contributed by atoms with Gasteiger partial charge in [-0.1, -0.05) is 13.0 Å². The largest absolute Gasteiger partial charge is 0.478 e. The van der Waals surface area contributed by atoms with Crippen LogP contribution < -0.4 is 4.90 Å². The van der Waals surface area contributed by atoms with Crippen LogP contribution in [0.15, 0.2) is 30.5 Å². The Labute approximate surface area is 118 Å². The van der Waals surface area contributed by atoms with Crippen molar-refractivity contribution in [2.45, 2.75) is 26.3 Å². The van der Waals surface area contributed by atoms with Gasteiger partial charge in [0, 0.05) is 25.4 Å². The maximum absolute atomic E-state index is 10.8. The molecule has 0 fully saturated rings. The van der Waals surface area contributed by atoms with Crippen molar-refractivity contribution in [3.8, 4) is 0 Å². The molecule has 2 rings (SSSR count). The van der Waals surface area contributed by atoms with E-state index in [-0.39, 0.29) is 0 Å². The Morgan fingerprint density at radius 2 is 2.30 bits per heavy atom. The summed E-state index contributed by atoms with van der Waals surface area (Å²) < 4.78 is 1.90. The number of fused-ring (bicyclic) bond motifs is 1. The third-order valence-corrected chi connectivity index (χ3v) is 3.52. The summed E-state index contributed by atoms with van der Waals surface area (Å²) >= 11 is 0. The molecule has 0 bridgehead atoms. The van der Waals surface area contributed by atoms with Crippen molar-refractivity contribution in [2.24, 2.45) is 0 Å². The van der Waals surface area contributed by atoms with Crippen LogP contribution >= 0.6 is 0 Å². The molecular weight excluding hydrogens is 254 g/mol. The molecule has 0 aliphatic heterocycles. The van der Waals surface area contributed by atoms with Gasteiger partial charge in [0.15, 0.2) is 5.82 Å². The molecule has 1 N–H and O–H groups in total. The summed E-state index contributed by atoms with van der Waals surface area (Å²) in [4.78, 5) is 17.5. The molecule has 0 aliphatic rings. The molecule has 0 aliphatic carbocycles. The van der Waals surface area contributed by atoms with Gasteiger partial charge in [0.25, 0.3) is 0 Å². The lowest BCUT2D eigenvalue weighted by atomic mass is 10.2. The van der Waals surface area contributed by atoms with Crippen molar-refractivity contribution in [3.63, 3.8) is 0 Å². The zero-order valence-electron chi connectivity index (χ0n) is 11.9. The molecule has 0 aromatic carbocycles. The first-order valence-electron chi connectivity index (χ1n) is 6.65. The summed E-state index contributed by atoms with van der Waals surface area (Å²) in [6.45, 7) is 4.23. The van der Waals surface area contributed by atoms with E-state index in [1.54, 1.807) is 6.08 Å². The SMILES string of the molecule is CCC(C)N(C)c1nc2ccccn2c1/C=C/C(=O)O. The number of aliphatic carboxylic acids is 1. The Hall–Kier alpha value is -2.30. The van der Waals surface area contributed by atoms with Crippen LogP contribution in [0.4, 0.5) is 5.82 Å². The molecule has 2 heterocycles. The number of carboxylic acids is 1. The minimum atomic E-state index is -0.965. The third kappa shape index (κ3) is 2.66. The number of hydrogen-bond acceptors (Lipinski definition) is 3. The number of imidazole rings is 1. The molecule has 5 nitrogen and oxygen atoms in total. The zero-order valence-corrected chi connectivity index (χ0v) is 11.9. The number of hydrogen-bond donors (Lipinski definition) is 1. The number of nitrogens with zero attached hydrogens (tertiary/aromatic N) is 3. The Bertz CT molecular complexity index is 646. The average molecular weight is 273 g/mol. The lowest BCUT2D eigenvalue weighted by Gasteiger charge is -2.24. The molecule has 1 atom stereocenters. The van der Waals surface area contributed by atoms with Crippen molar-refractivity contribution in [1.29, 1.82) is 0 Å². The highest BCUT2D eigenvalue weighted by atomic mass is 16.4. The van der Waals surface area contributed by atoms with Crippen molar-refractivity contribution in [2.75, 3.05) is 11.9 Å². The van der Waals surface area contributed by atoms with Crippen LogP contribution in [0.5, 0.6) is 0 Å². The average Bonchev–Trinajstić information content (AvgIpc) is 2.82. The van der Waals surface area contributed by atoms with Gasteiger partial charge in [-0.05, 0) is 31.6 Å². The maximum Gasteiger partial charge on any atom is 0.328 e. The van der Waals surface area contributed by atoms with Crippen molar-refractivity contribution in [1.82, 2.24) is 9.38 Å². The van der Waals surface area contributed by atoms with Crippen molar-refractivity contribution in [3.05, 3.63) is 36.2 Å². The topological polar surface area (TPSA) is 57.8 Å². The fraction of sp³-hybridized carbons (Fsp3) is 0.333. The van der Waals surface area contributed by atoms with Crippen LogP contribution in [0, 0.1) is 0 Å². The van der Waals surface area contributed by atoms with Gasteiger partial charge in [-0.3, -0.25) is 4.40 Å². The van der Waals surface area contributed by atoms with E-state index in [9.17, 15) is 4.79 Å². The van der Waals surface area contributed by atoms with Crippen LogP contribution in [-0.2, 0) is 4.79 Å². The molecule has 20 heavy (non-hydrogen) atoms. The summed E-state index contributed by atoms with van der Waals surface area (Å²) in [5.74, 6) is -0.170. The van der Waals surface area contributed by atoms with Crippen molar-refractivity contribution < 1.29 is 9.90 Å². The van der Waals surface area contributed by atoms with Crippen LogP contribution in [0.25, 0.3) is 11.7 Å². The second-order valence-electron chi connectivity index (χ2n) is 4.79. The Kier molecular flexibility index (Phi) is 4.08. The fourth-order valence-electron chi connectivity index (χ4n) is 2.05. The minimum absolute atomic E-state index is 0.330. The summed E-state index contributed by atoms with van der Waals surface area (Å²) in [5, 5.41) is 8.84. The first-order valence-corrected chi connectivity index (χ1v) is 6.65.